The maximum absolute atomic E-state index is 10.9. The number of rotatable bonds is 7. The zero-order valence-corrected chi connectivity index (χ0v) is 13.4. The maximum atomic E-state index is 10.9. The van der Waals surface area contributed by atoms with E-state index in [1.165, 1.54) is 11.1 Å². The molecule has 0 aliphatic rings. The van der Waals surface area contributed by atoms with Crippen molar-refractivity contribution in [1.29, 1.82) is 0 Å². The van der Waals surface area contributed by atoms with Crippen LogP contribution in [0.15, 0.2) is 29.3 Å². The molecule has 4 N–H and O–H groups in total. The van der Waals surface area contributed by atoms with Gasteiger partial charge in [-0.3, -0.25) is 0 Å². The number of nitrogens with two attached hydrogens (primary N) is 1. The second-order valence-corrected chi connectivity index (χ2v) is 6.35. The lowest BCUT2D eigenvalue weighted by Crippen LogP contribution is -2.40. The van der Waals surface area contributed by atoms with Crippen LogP contribution in [0.1, 0.15) is 25.0 Å². The summed E-state index contributed by atoms with van der Waals surface area (Å²) < 4.78 is 21.8. The van der Waals surface area contributed by atoms with E-state index >= 15 is 0 Å². The third kappa shape index (κ3) is 7.10. The fourth-order valence-electron chi connectivity index (χ4n) is 1.87. The third-order valence-corrected chi connectivity index (χ3v) is 3.70. The van der Waals surface area contributed by atoms with Crippen molar-refractivity contribution >= 4 is 16.0 Å². The Kier molecular flexibility index (Phi) is 7.18. The van der Waals surface area contributed by atoms with Crippen molar-refractivity contribution in [2.75, 3.05) is 18.8 Å². The number of benzene rings is 1. The number of primary sulfonamides is 1. The summed E-state index contributed by atoms with van der Waals surface area (Å²) in [6.45, 7) is 5.56. The zero-order chi connectivity index (χ0) is 15.7. The predicted molar refractivity (Wildman–Crippen MR) is 86.6 cm³/mol. The van der Waals surface area contributed by atoms with Gasteiger partial charge in [0.2, 0.25) is 10.0 Å². The predicted octanol–water partition coefficient (Wildman–Crippen LogP) is 0.593. The molecule has 0 saturated heterocycles. The molecule has 7 heteroatoms. The Bertz CT molecular complexity index is 570. The molecule has 0 spiro atoms. The van der Waals surface area contributed by atoms with Crippen LogP contribution in [0.2, 0.25) is 0 Å². The van der Waals surface area contributed by atoms with Gasteiger partial charge in [-0.25, -0.2) is 18.5 Å². The molecular weight excluding hydrogens is 288 g/mol. The molecule has 0 aromatic heterocycles. The number of guanidine groups is 1. The molecule has 0 amide bonds. The molecule has 21 heavy (non-hydrogen) atoms. The Balaban J connectivity index is 2.66. The smallest absolute Gasteiger partial charge is 0.210 e. The van der Waals surface area contributed by atoms with Crippen LogP contribution in [0.5, 0.6) is 0 Å². The Labute approximate surface area is 126 Å². The fraction of sp³-hybridized carbons (Fsp3) is 0.500. The molecule has 0 fully saturated rings. The minimum atomic E-state index is -3.46. The number of aryl methyl sites for hydroxylation is 1. The van der Waals surface area contributed by atoms with Crippen molar-refractivity contribution in [2.45, 2.75) is 26.8 Å². The van der Waals surface area contributed by atoms with Gasteiger partial charge in [-0.2, -0.15) is 0 Å². The van der Waals surface area contributed by atoms with E-state index in [2.05, 4.69) is 34.7 Å². The molecule has 0 radical (unpaired) electrons. The van der Waals surface area contributed by atoms with E-state index in [0.717, 1.165) is 6.42 Å². The summed E-state index contributed by atoms with van der Waals surface area (Å²) >= 11 is 0. The van der Waals surface area contributed by atoms with Gasteiger partial charge in [0.15, 0.2) is 5.96 Å². The van der Waals surface area contributed by atoms with Crippen LogP contribution in [0.3, 0.4) is 0 Å². The molecule has 0 atom stereocenters. The summed E-state index contributed by atoms with van der Waals surface area (Å²) in [5.74, 6) is 0.468. The van der Waals surface area contributed by atoms with Crippen molar-refractivity contribution in [3.8, 4) is 0 Å². The van der Waals surface area contributed by atoms with Crippen LogP contribution in [0.4, 0.5) is 0 Å². The largest absolute Gasteiger partial charge is 0.357 e. The molecule has 0 heterocycles. The number of sulfonamides is 1. The van der Waals surface area contributed by atoms with Gasteiger partial charge in [-0.05, 0) is 24.5 Å². The van der Waals surface area contributed by atoms with Crippen molar-refractivity contribution in [3.05, 3.63) is 35.4 Å². The highest BCUT2D eigenvalue weighted by Crippen LogP contribution is 2.10. The third-order valence-electron chi connectivity index (χ3n) is 2.93. The molecule has 1 rings (SSSR count). The second kappa shape index (κ2) is 8.63. The van der Waals surface area contributed by atoms with Gasteiger partial charge >= 0.3 is 0 Å². The standard InChI is InChI=1S/C14H24N4O2S/c1-3-12-7-5-6-8-13(12)11-18-14(16-4-2)17-9-10-21(15,19)20/h5-8H,3-4,9-11H2,1-2H3,(H2,15,19,20)(H2,16,17,18). The van der Waals surface area contributed by atoms with Crippen molar-refractivity contribution in [3.63, 3.8) is 0 Å². The molecule has 6 nitrogen and oxygen atoms in total. The molecule has 0 saturated carbocycles. The first-order chi connectivity index (χ1) is 9.96. The Hall–Kier alpha value is -1.60. The van der Waals surface area contributed by atoms with E-state index in [1.807, 2.05) is 19.1 Å². The Morgan fingerprint density at radius 3 is 2.43 bits per heavy atom. The first-order valence-electron chi connectivity index (χ1n) is 7.05. The van der Waals surface area contributed by atoms with Crippen LogP contribution < -0.4 is 15.8 Å². The fourth-order valence-corrected chi connectivity index (χ4v) is 2.26. The van der Waals surface area contributed by atoms with Gasteiger partial charge in [-0.15, -0.1) is 0 Å². The number of hydrogen-bond acceptors (Lipinski definition) is 3. The lowest BCUT2D eigenvalue weighted by atomic mass is 10.1. The Morgan fingerprint density at radius 1 is 1.19 bits per heavy atom. The average molecular weight is 312 g/mol. The molecule has 1 aromatic carbocycles. The van der Waals surface area contributed by atoms with E-state index in [4.69, 9.17) is 5.14 Å². The Morgan fingerprint density at radius 2 is 1.86 bits per heavy atom. The minimum absolute atomic E-state index is 0.122. The summed E-state index contributed by atoms with van der Waals surface area (Å²) in [4.78, 5) is 4.47. The van der Waals surface area contributed by atoms with Gasteiger partial charge in [-0.1, -0.05) is 31.2 Å². The number of nitrogens with zero attached hydrogens (tertiary/aromatic N) is 1. The molecule has 0 bridgehead atoms. The summed E-state index contributed by atoms with van der Waals surface area (Å²) in [5, 5.41) is 11.0. The van der Waals surface area contributed by atoms with Crippen LogP contribution >= 0.6 is 0 Å². The lowest BCUT2D eigenvalue weighted by molar-refractivity contribution is 0.596. The van der Waals surface area contributed by atoms with Crippen molar-refractivity contribution in [2.24, 2.45) is 10.1 Å². The van der Waals surface area contributed by atoms with E-state index in [1.54, 1.807) is 0 Å². The SMILES string of the molecule is CCNC(=NCc1ccccc1CC)NCCS(N)(=O)=O. The lowest BCUT2D eigenvalue weighted by Gasteiger charge is -2.11. The van der Waals surface area contributed by atoms with E-state index < -0.39 is 10.0 Å². The van der Waals surface area contributed by atoms with Crippen LogP contribution in [-0.4, -0.2) is 33.2 Å². The second-order valence-electron chi connectivity index (χ2n) is 4.61. The molecule has 0 unspecified atom stereocenters. The van der Waals surface area contributed by atoms with Gasteiger partial charge in [0.1, 0.15) is 0 Å². The van der Waals surface area contributed by atoms with Gasteiger partial charge in [0.05, 0.1) is 12.3 Å². The van der Waals surface area contributed by atoms with Crippen molar-refractivity contribution < 1.29 is 8.42 Å². The molecule has 1 aromatic rings. The van der Waals surface area contributed by atoms with E-state index in [9.17, 15) is 8.42 Å². The highest BCUT2D eigenvalue weighted by molar-refractivity contribution is 7.89. The maximum Gasteiger partial charge on any atom is 0.210 e. The van der Waals surface area contributed by atoms with Gasteiger partial charge < -0.3 is 10.6 Å². The summed E-state index contributed by atoms with van der Waals surface area (Å²) in [5.41, 5.74) is 2.44. The van der Waals surface area contributed by atoms with Gasteiger partial charge in [0.25, 0.3) is 0 Å². The van der Waals surface area contributed by atoms with E-state index in [0.29, 0.717) is 19.0 Å². The summed E-state index contributed by atoms with van der Waals surface area (Å²) in [6.07, 6.45) is 0.959. The first-order valence-corrected chi connectivity index (χ1v) is 8.77. The normalized spacial score (nSPS) is 12.2. The van der Waals surface area contributed by atoms with E-state index in [-0.39, 0.29) is 12.3 Å². The number of hydrogen-bond donors (Lipinski definition) is 3. The summed E-state index contributed by atoms with van der Waals surface area (Å²) in [6, 6.07) is 8.15. The molecule has 0 aliphatic carbocycles. The quantitative estimate of drug-likeness (QED) is 0.507. The highest BCUT2D eigenvalue weighted by atomic mass is 32.2. The van der Waals surface area contributed by atoms with Crippen LogP contribution in [-0.2, 0) is 23.0 Å². The first kappa shape index (κ1) is 17.5. The molecule has 118 valence electrons. The van der Waals surface area contributed by atoms with Crippen molar-refractivity contribution in [1.82, 2.24) is 10.6 Å². The molecule has 0 aliphatic heterocycles. The number of aliphatic imine (C=N–C) groups is 1. The molecular formula is C14H24N4O2S. The highest BCUT2D eigenvalue weighted by Gasteiger charge is 2.04. The number of nitrogens with one attached hydrogen (secondary N) is 2. The van der Waals surface area contributed by atoms with Gasteiger partial charge in [0, 0.05) is 13.1 Å². The minimum Gasteiger partial charge on any atom is -0.357 e. The topological polar surface area (TPSA) is 96.6 Å². The van der Waals surface area contributed by atoms with Crippen LogP contribution in [0, 0.1) is 0 Å². The zero-order valence-electron chi connectivity index (χ0n) is 12.6. The monoisotopic (exact) mass is 312 g/mol. The average Bonchev–Trinajstić information content (AvgIpc) is 2.43. The summed E-state index contributed by atoms with van der Waals surface area (Å²) in [7, 11) is -3.46. The van der Waals surface area contributed by atoms with Crippen LogP contribution in [0.25, 0.3) is 0 Å².